The van der Waals surface area contributed by atoms with Crippen LogP contribution in [0.5, 0.6) is 0 Å². The fraction of sp³-hybridized carbons (Fsp3) is 0.759. The molecule has 0 radical (unpaired) electrons. The van der Waals surface area contributed by atoms with Crippen molar-refractivity contribution in [3.8, 4) is 0 Å². The Morgan fingerprint density at radius 1 is 0.890 bits per heavy atom. The monoisotopic (exact) mass is 1050 g/mol. The molecule has 4 rings (SSSR count). The van der Waals surface area contributed by atoms with E-state index in [2.05, 4.69) is 4.72 Å². The molecule has 18 nitrogen and oxygen atoms in total. The molecular weight excluding hydrogens is 965 g/mol. The van der Waals surface area contributed by atoms with Crippen LogP contribution in [-0.2, 0) is 57.7 Å². The largest absolute Gasteiger partial charge is 0.460 e. The van der Waals surface area contributed by atoms with Gasteiger partial charge in [0.1, 0.15) is 30.1 Å². The molecular formula is C54H86N2O16S. The number of hydrogen-bond donors (Lipinski definition) is 5. The van der Waals surface area contributed by atoms with Gasteiger partial charge in [-0.1, -0.05) is 76.6 Å². The molecule has 0 aromatic carbocycles. The van der Waals surface area contributed by atoms with E-state index in [0.717, 1.165) is 4.90 Å². The number of cyclic esters (lactones) is 1. The lowest BCUT2D eigenvalue weighted by Gasteiger charge is -2.43. The number of methoxy groups -OCH3 is 2. The first kappa shape index (κ1) is 62.0. The number of Topliss-reactive ketones (excluding diaryl/α,β-unsaturated/α-hetero) is 3. The van der Waals surface area contributed by atoms with Crippen LogP contribution in [-0.4, -0.2) is 164 Å². The number of sulfonamides is 1. The Kier molecular flexibility index (Phi) is 24.8. The van der Waals surface area contributed by atoms with E-state index >= 15 is 0 Å². The van der Waals surface area contributed by atoms with Crippen LogP contribution in [0.1, 0.15) is 126 Å². The summed E-state index contributed by atoms with van der Waals surface area (Å²) in [5.41, 5.74) is 0.913. The molecule has 0 spiro atoms. The number of nitrogens with one attached hydrogen (secondary N) is 1. The zero-order valence-corrected chi connectivity index (χ0v) is 45.4. The zero-order chi connectivity index (χ0) is 54.2. The Hall–Kier alpha value is -3.50. The van der Waals surface area contributed by atoms with Gasteiger partial charge in [0.25, 0.3) is 11.7 Å². The quantitative estimate of drug-likeness (QED) is 0.0782. The van der Waals surface area contributed by atoms with Gasteiger partial charge >= 0.3 is 5.97 Å². The Balaban J connectivity index is 1.74. The molecule has 5 N–H and O–H groups in total. The lowest BCUT2D eigenvalue weighted by Crippen LogP contribution is -2.61. The van der Waals surface area contributed by atoms with Crippen LogP contribution in [0.25, 0.3) is 0 Å². The molecule has 1 amide bonds. The number of esters is 1. The number of carbonyl (C=O) groups excluding carboxylic acids is 5. The minimum Gasteiger partial charge on any atom is -0.460 e. The number of aliphatic hydroxyl groups excluding tert-OH is 3. The number of rotatable bonds is 12. The molecule has 4 aliphatic rings. The van der Waals surface area contributed by atoms with Gasteiger partial charge in [-0.2, -0.15) is 0 Å². The van der Waals surface area contributed by atoms with E-state index in [1.165, 1.54) is 7.11 Å². The summed E-state index contributed by atoms with van der Waals surface area (Å²) in [6.45, 7) is 11.7. The number of ketones is 3. The molecule has 19 heteroatoms. The van der Waals surface area contributed by atoms with Gasteiger partial charge < -0.3 is 49.0 Å². The molecule has 73 heavy (non-hydrogen) atoms. The molecule has 0 aromatic heterocycles. The Morgan fingerprint density at radius 2 is 1.62 bits per heavy atom. The molecule has 0 aromatic rings. The van der Waals surface area contributed by atoms with Gasteiger partial charge in [-0.25, -0.2) is 17.9 Å². The first-order valence-electron chi connectivity index (χ1n) is 26.3. The molecule has 2 bridgehead atoms. The average molecular weight is 1050 g/mol. The summed E-state index contributed by atoms with van der Waals surface area (Å²) >= 11 is 0. The minimum absolute atomic E-state index is 0.00481. The van der Waals surface area contributed by atoms with Crippen molar-refractivity contribution in [2.75, 3.05) is 46.3 Å². The smallest absolute Gasteiger partial charge is 0.329 e. The first-order valence-corrected chi connectivity index (χ1v) is 27.9. The van der Waals surface area contributed by atoms with E-state index in [-0.39, 0.29) is 81.6 Å². The summed E-state index contributed by atoms with van der Waals surface area (Å²) in [6.07, 6.45) is 9.17. The molecule has 414 valence electrons. The van der Waals surface area contributed by atoms with Crippen molar-refractivity contribution >= 4 is 39.2 Å². The Labute approximate surface area is 433 Å². The van der Waals surface area contributed by atoms with Crippen molar-refractivity contribution in [3.63, 3.8) is 0 Å². The van der Waals surface area contributed by atoms with Crippen LogP contribution >= 0.6 is 0 Å². The number of ether oxygens (including phenoxy) is 5. The highest BCUT2D eigenvalue weighted by Crippen LogP contribution is 2.38. The van der Waals surface area contributed by atoms with E-state index in [4.69, 9.17) is 28.8 Å². The van der Waals surface area contributed by atoms with E-state index in [1.807, 2.05) is 19.9 Å². The van der Waals surface area contributed by atoms with Crippen molar-refractivity contribution in [2.24, 2.45) is 35.5 Å². The van der Waals surface area contributed by atoms with E-state index < -0.39 is 105 Å². The summed E-state index contributed by atoms with van der Waals surface area (Å²) in [4.78, 5) is 72.4. The third-order valence-electron chi connectivity index (χ3n) is 15.3. The van der Waals surface area contributed by atoms with Crippen molar-refractivity contribution in [2.45, 2.75) is 180 Å². The lowest BCUT2D eigenvalue weighted by molar-refractivity contribution is -0.264. The number of piperidine rings is 1. The SMILES string of the molecule is CO[C@@H]1C[C@H](C[C@@H](C)[C@@H]2CC(=O)[C@H](C)/C=C(\C)[C@@H](O)[C@@H](OC)C(=O)[C@H](C)C[C@H](C)/C=C/C=C/C=C(\C)C(NS(=O)(=O)CCOCCO)C[C@@H]3CC[C@@H](C)[C@@](O)(O3)C(=O)C(=O)N3CCCC[C@H]3C(=O)O2)CC[C@H]1O. The Bertz CT molecular complexity index is 2090. The van der Waals surface area contributed by atoms with Crippen LogP contribution < -0.4 is 4.72 Å². The average Bonchev–Trinajstić information content (AvgIpc) is 3.35. The second-order valence-electron chi connectivity index (χ2n) is 21.2. The number of amides is 1. The summed E-state index contributed by atoms with van der Waals surface area (Å²) in [5.74, 6) is -9.43. The fourth-order valence-corrected chi connectivity index (χ4v) is 11.8. The maximum atomic E-state index is 14.5. The van der Waals surface area contributed by atoms with Gasteiger partial charge in [0.2, 0.25) is 15.8 Å². The standard InChI is InChI=1S/C54H86N2O16S/c1-33-15-11-10-12-16-34(2)42(55-73(66,67)26-25-70-24-23-57)31-41-20-18-39(7)54(65,72-41)51(62)52(63)56-22-14-13-17-43(56)53(64)71-46(36(4)29-40-19-21-44(58)47(30-40)68-8)32-45(59)35(3)28-38(6)49(61)50(69-9)48(60)37(5)27-33/h10-12,15-16,28,33,35-37,39-44,46-47,49-50,55,57-58,61,65H,13-14,17-27,29-32H2,1-9H3/b12-10+,15-11+,34-16+,38-28+/t33-,35-,36-,37-,39-,40+,41+,42?,43+,44-,46+,47-,49-,50+,54-/m1/s1. The van der Waals surface area contributed by atoms with Crippen molar-refractivity contribution in [3.05, 3.63) is 47.6 Å². The van der Waals surface area contributed by atoms with Gasteiger partial charge in [0.15, 0.2) is 5.78 Å². The second kappa shape index (κ2) is 29.1. The van der Waals surface area contributed by atoms with Crippen LogP contribution in [0.15, 0.2) is 47.6 Å². The number of carbonyl (C=O) groups is 5. The van der Waals surface area contributed by atoms with Gasteiger partial charge in [-0.05, 0) is 108 Å². The van der Waals surface area contributed by atoms with Gasteiger partial charge in [-0.15, -0.1) is 0 Å². The van der Waals surface area contributed by atoms with Gasteiger partial charge in [-0.3, -0.25) is 19.2 Å². The minimum atomic E-state index is -3.99. The topological polar surface area (TPSA) is 262 Å². The number of fused-ring (bicyclic) bond motifs is 3. The van der Waals surface area contributed by atoms with Gasteiger partial charge in [0.05, 0.1) is 43.9 Å². The van der Waals surface area contributed by atoms with Crippen LogP contribution in [0.4, 0.5) is 0 Å². The number of aliphatic hydroxyl groups is 4. The molecule has 1 saturated carbocycles. The Morgan fingerprint density at radius 3 is 2.30 bits per heavy atom. The second-order valence-corrected chi connectivity index (χ2v) is 23.1. The highest BCUT2D eigenvalue weighted by atomic mass is 32.2. The summed E-state index contributed by atoms with van der Waals surface area (Å²) in [6, 6.07) is -2.13. The van der Waals surface area contributed by atoms with E-state index in [9.17, 15) is 47.7 Å². The molecule has 15 atom stereocenters. The van der Waals surface area contributed by atoms with Gasteiger partial charge in [0, 0.05) is 51.0 Å². The summed E-state index contributed by atoms with van der Waals surface area (Å²) in [7, 11) is -1.09. The van der Waals surface area contributed by atoms with E-state index in [1.54, 1.807) is 72.1 Å². The lowest BCUT2D eigenvalue weighted by atomic mass is 9.78. The predicted octanol–water partition coefficient (Wildman–Crippen LogP) is 4.46. The number of nitrogens with zero attached hydrogens (tertiary/aromatic N) is 1. The molecule has 2 saturated heterocycles. The fourth-order valence-electron chi connectivity index (χ4n) is 10.6. The molecule has 1 unspecified atom stereocenters. The highest BCUT2D eigenvalue weighted by molar-refractivity contribution is 7.89. The van der Waals surface area contributed by atoms with Crippen LogP contribution in [0.3, 0.4) is 0 Å². The summed E-state index contributed by atoms with van der Waals surface area (Å²) in [5, 5.41) is 43.2. The number of allylic oxidation sites excluding steroid dienone is 6. The predicted molar refractivity (Wildman–Crippen MR) is 273 cm³/mol. The highest BCUT2D eigenvalue weighted by Gasteiger charge is 2.53. The zero-order valence-electron chi connectivity index (χ0n) is 44.6. The third-order valence-corrected chi connectivity index (χ3v) is 16.7. The normalized spacial score (nSPS) is 37.5. The molecule has 1 aliphatic carbocycles. The number of hydrogen-bond acceptors (Lipinski definition) is 16. The molecule has 3 aliphatic heterocycles. The van der Waals surface area contributed by atoms with Crippen LogP contribution in [0.2, 0.25) is 0 Å². The van der Waals surface area contributed by atoms with Crippen LogP contribution in [0, 0.1) is 35.5 Å². The maximum absolute atomic E-state index is 14.5. The van der Waals surface area contributed by atoms with Crippen molar-refractivity contribution in [1.82, 2.24) is 9.62 Å². The van der Waals surface area contributed by atoms with Crippen molar-refractivity contribution < 1.29 is 76.5 Å². The molecule has 3 fully saturated rings. The summed E-state index contributed by atoms with van der Waals surface area (Å²) < 4.78 is 58.3. The first-order chi connectivity index (χ1) is 34.5. The molecule has 3 heterocycles. The van der Waals surface area contributed by atoms with E-state index in [0.29, 0.717) is 62.5 Å². The van der Waals surface area contributed by atoms with Crippen molar-refractivity contribution in [1.29, 1.82) is 0 Å². The third kappa shape index (κ3) is 17.8. The maximum Gasteiger partial charge on any atom is 0.329 e.